The number of hydrogen-bond acceptors (Lipinski definition) is 4. The Hall–Kier alpha value is -2.11. The third kappa shape index (κ3) is 3.94. The van der Waals surface area contributed by atoms with Gasteiger partial charge in [0.25, 0.3) is 0 Å². The van der Waals surface area contributed by atoms with Crippen molar-refractivity contribution in [2.75, 3.05) is 6.54 Å². The van der Waals surface area contributed by atoms with Crippen LogP contribution in [0, 0.1) is 12.8 Å². The van der Waals surface area contributed by atoms with Gasteiger partial charge < -0.3 is 9.42 Å². The lowest BCUT2D eigenvalue weighted by Crippen LogP contribution is -2.39. The molecule has 0 spiro atoms. The Labute approximate surface area is 160 Å². The van der Waals surface area contributed by atoms with Gasteiger partial charge in [0.15, 0.2) is 5.76 Å². The molecule has 3 heterocycles. The predicted molar refractivity (Wildman–Crippen MR) is 103 cm³/mol. The van der Waals surface area contributed by atoms with Crippen molar-refractivity contribution in [1.82, 2.24) is 19.8 Å². The number of piperidine rings is 1. The molecule has 0 bridgehead atoms. The van der Waals surface area contributed by atoms with E-state index >= 15 is 0 Å². The normalized spacial score (nSPS) is 21.6. The molecule has 2 aliphatic rings. The number of carbonyl (C=O) groups excluding carboxylic acids is 1. The lowest BCUT2D eigenvalue weighted by atomic mass is 9.86. The molecule has 1 aliphatic heterocycles. The number of carbonyl (C=O) groups is 1. The summed E-state index contributed by atoms with van der Waals surface area (Å²) in [5.41, 5.74) is 2.76. The van der Waals surface area contributed by atoms with Crippen molar-refractivity contribution < 1.29 is 9.32 Å². The Kier molecular flexibility index (Phi) is 5.32. The zero-order valence-electron chi connectivity index (χ0n) is 16.5. The van der Waals surface area contributed by atoms with Gasteiger partial charge in [0.2, 0.25) is 5.91 Å². The van der Waals surface area contributed by atoms with E-state index in [4.69, 9.17) is 9.62 Å². The minimum absolute atomic E-state index is 0.0384. The molecular formula is C21H30N4O2. The van der Waals surface area contributed by atoms with Gasteiger partial charge >= 0.3 is 0 Å². The fourth-order valence-electron chi connectivity index (χ4n) is 4.70. The van der Waals surface area contributed by atoms with Crippen LogP contribution in [0.3, 0.4) is 0 Å². The Morgan fingerprint density at radius 1 is 1.19 bits per heavy atom. The minimum atomic E-state index is 0.0384. The minimum Gasteiger partial charge on any atom is -0.356 e. The average Bonchev–Trinajstić information content (AvgIpc) is 3.28. The summed E-state index contributed by atoms with van der Waals surface area (Å²) >= 11 is 0. The maximum absolute atomic E-state index is 13.2. The van der Waals surface area contributed by atoms with Gasteiger partial charge in [0, 0.05) is 32.3 Å². The lowest BCUT2D eigenvalue weighted by Gasteiger charge is -2.36. The molecule has 6 nitrogen and oxygen atoms in total. The predicted octanol–water partition coefficient (Wildman–Crippen LogP) is 4.41. The van der Waals surface area contributed by atoms with Crippen LogP contribution in [0.5, 0.6) is 0 Å². The van der Waals surface area contributed by atoms with Gasteiger partial charge in [-0.25, -0.2) is 0 Å². The van der Waals surface area contributed by atoms with Crippen molar-refractivity contribution in [3.05, 3.63) is 23.7 Å². The topological polar surface area (TPSA) is 64.2 Å². The van der Waals surface area contributed by atoms with E-state index in [0.717, 1.165) is 48.5 Å². The summed E-state index contributed by atoms with van der Waals surface area (Å²) in [4.78, 5) is 15.3. The zero-order valence-corrected chi connectivity index (χ0v) is 16.5. The van der Waals surface area contributed by atoms with Crippen LogP contribution in [0.4, 0.5) is 0 Å². The first-order valence-corrected chi connectivity index (χ1v) is 10.4. The van der Waals surface area contributed by atoms with Crippen molar-refractivity contribution in [3.8, 4) is 11.3 Å². The molecule has 4 rings (SSSR count). The summed E-state index contributed by atoms with van der Waals surface area (Å²) in [5.74, 6) is 1.60. The van der Waals surface area contributed by atoms with Crippen LogP contribution < -0.4 is 0 Å². The summed E-state index contributed by atoms with van der Waals surface area (Å²) in [7, 11) is 1.92. The molecule has 27 heavy (non-hydrogen) atoms. The summed E-state index contributed by atoms with van der Waals surface area (Å²) in [6, 6.07) is 1.98. The van der Waals surface area contributed by atoms with Crippen LogP contribution in [0.2, 0.25) is 0 Å². The molecule has 0 unspecified atom stereocenters. The second-order valence-electron chi connectivity index (χ2n) is 8.24. The Balaban J connectivity index is 1.58. The Bertz CT molecular complexity index is 788. The maximum Gasteiger partial charge on any atom is 0.223 e. The first-order chi connectivity index (χ1) is 13.1. The summed E-state index contributed by atoms with van der Waals surface area (Å²) in [6.45, 7) is 2.76. The van der Waals surface area contributed by atoms with Gasteiger partial charge in [-0.05, 0) is 44.9 Å². The van der Waals surface area contributed by atoms with E-state index in [-0.39, 0.29) is 6.04 Å². The van der Waals surface area contributed by atoms with E-state index in [9.17, 15) is 4.79 Å². The van der Waals surface area contributed by atoms with Gasteiger partial charge in [-0.1, -0.05) is 24.4 Å². The third-order valence-electron chi connectivity index (χ3n) is 6.08. The number of amides is 1. The molecule has 2 aromatic rings. The number of likely N-dealkylation sites (tertiary alicyclic amines) is 1. The highest BCUT2D eigenvalue weighted by atomic mass is 16.5. The number of rotatable bonds is 4. The van der Waals surface area contributed by atoms with Crippen molar-refractivity contribution in [3.63, 3.8) is 0 Å². The molecule has 2 fully saturated rings. The van der Waals surface area contributed by atoms with Gasteiger partial charge in [-0.3, -0.25) is 9.48 Å². The van der Waals surface area contributed by atoms with Crippen molar-refractivity contribution in [1.29, 1.82) is 0 Å². The highest BCUT2D eigenvalue weighted by Crippen LogP contribution is 2.37. The molecule has 1 saturated carbocycles. The van der Waals surface area contributed by atoms with Crippen LogP contribution >= 0.6 is 0 Å². The number of hydrogen-bond donors (Lipinski definition) is 0. The molecule has 1 atom stereocenters. The van der Waals surface area contributed by atoms with Gasteiger partial charge in [-0.15, -0.1) is 0 Å². The standard InChI is InChI=1S/C21H30N4O2/c1-15-12-19(27-23-15)17-14-24(2)22-21(17)18-10-6-7-11-25(18)20(26)13-16-8-4-3-5-9-16/h12,14,16,18H,3-11,13H2,1-2H3/t18-/m0/s1. The fourth-order valence-corrected chi connectivity index (χ4v) is 4.70. The second kappa shape index (κ2) is 7.87. The Morgan fingerprint density at radius 2 is 1.96 bits per heavy atom. The summed E-state index contributed by atoms with van der Waals surface area (Å²) in [5, 5.41) is 8.76. The molecular weight excluding hydrogens is 340 g/mol. The highest BCUT2D eigenvalue weighted by Gasteiger charge is 2.33. The molecule has 6 heteroatoms. The monoisotopic (exact) mass is 370 g/mol. The van der Waals surface area contributed by atoms with Gasteiger partial charge in [-0.2, -0.15) is 5.10 Å². The SMILES string of the molecule is Cc1cc(-c2cn(C)nc2[C@@H]2CCCCN2C(=O)CC2CCCCC2)on1. The maximum atomic E-state index is 13.2. The summed E-state index contributed by atoms with van der Waals surface area (Å²) < 4.78 is 7.33. The molecule has 1 saturated heterocycles. The average molecular weight is 370 g/mol. The molecule has 1 aliphatic carbocycles. The first kappa shape index (κ1) is 18.3. The van der Waals surface area contributed by atoms with Crippen LogP contribution in [-0.2, 0) is 11.8 Å². The second-order valence-corrected chi connectivity index (χ2v) is 8.24. The van der Waals surface area contributed by atoms with Crippen LogP contribution in [0.1, 0.15) is 75.2 Å². The molecule has 0 N–H and O–H groups in total. The van der Waals surface area contributed by atoms with E-state index in [2.05, 4.69) is 10.1 Å². The largest absolute Gasteiger partial charge is 0.356 e. The van der Waals surface area contributed by atoms with E-state index in [1.807, 2.05) is 30.9 Å². The number of aryl methyl sites for hydroxylation is 2. The first-order valence-electron chi connectivity index (χ1n) is 10.4. The van der Waals surface area contributed by atoms with Gasteiger partial charge in [0.05, 0.1) is 23.0 Å². The van der Waals surface area contributed by atoms with Crippen molar-refractivity contribution in [2.24, 2.45) is 13.0 Å². The van der Waals surface area contributed by atoms with Crippen LogP contribution in [0.15, 0.2) is 16.8 Å². The van der Waals surface area contributed by atoms with Crippen LogP contribution in [-0.4, -0.2) is 32.3 Å². The van der Waals surface area contributed by atoms with E-state index < -0.39 is 0 Å². The van der Waals surface area contributed by atoms with E-state index in [1.54, 1.807) is 0 Å². The third-order valence-corrected chi connectivity index (χ3v) is 6.08. The van der Waals surface area contributed by atoms with E-state index in [0.29, 0.717) is 18.2 Å². The lowest BCUT2D eigenvalue weighted by molar-refractivity contribution is -0.136. The quantitative estimate of drug-likeness (QED) is 0.800. The molecule has 0 aromatic carbocycles. The molecule has 146 valence electrons. The van der Waals surface area contributed by atoms with Gasteiger partial charge in [0.1, 0.15) is 0 Å². The molecule has 2 aromatic heterocycles. The molecule has 0 radical (unpaired) electrons. The summed E-state index contributed by atoms with van der Waals surface area (Å²) in [6.07, 6.45) is 12.1. The Morgan fingerprint density at radius 3 is 2.70 bits per heavy atom. The fraction of sp³-hybridized carbons (Fsp3) is 0.667. The van der Waals surface area contributed by atoms with Crippen molar-refractivity contribution in [2.45, 2.75) is 70.8 Å². The van der Waals surface area contributed by atoms with Crippen LogP contribution in [0.25, 0.3) is 11.3 Å². The molecule has 1 amide bonds. The van der Waals surface area contributed by atoms with Crippen molar-refractivity contribution >= 4 is 5.91 Å². The zero-order chi connectivity index (χ0) is 18.8. The highest BCUT2D eigenvalue weighted by molar-refractivity contribution is 5.77. The smallest absolute Gasteiger partial charge is 0.223 e. The number of aromatic nitrogens is 3. The number of nitrogens with zero attached hydrogens (tertiary/aromatic N) is 4. The van der Waals surface area contributed by atoms with E-state index in [1.165, 1.54) is 32.1 Å².